The SMILES string of the molecule is CC(c1ccc(Cl)cc1)N1CCN(C(=O)c2coc(CN)c2)CC1.Cl.Cl. The fraction of sp³-hybridized carbons (Fsp3) is 0.389. The van der Waals surface area contributed by atoms with Gasteiger partial charge in [-0.3, -0.25) is 9.69 Å². The zero-order chi connectivity index (χ0) is 17.1. The Kier molecular flexibility index (Phi) is 8.93. The summed E-state index contributed by atoms with van der Waals surface area (Å²) in [5.41, 5.74) is 7.34. The lowest BCUT2D eigenvalue weighted by molar-refractivity contribution is 0.0581. The van der Waals surface area contributed by atoms with Crippen molar-refractivity contribution in [3.05, 3.63) is 58.5 Å². The van der Waals surface area contributed by atoms with E-state index in [-0.39, 0.29) is 30.7 Å². The molecule has 1 aliphatic rings. The quantitative estimate of drug-likeness (QED) is 0.818. The summed E-state index contributed by atoms with van der Waals surface area (Å²) >= 11 is 5.95. The minimum absolute atomic E-state index is 0. The van der Waals surface area contributed by atoms with Crippen LogP contribution in [0.3, 0.4) is 0 Å². The number of hydrogen-bond donors (Lipinski definition) is 1. The molecule has 2 N–H and O–H groups in total. The number of piperazine rings is 1. The molecule has 1 fully saturated rings. The van der Waals surface area contributed by atoms with E-state index in [0.29, 0.717) is 37.0 Å². The molecule has 1 aromatic heterocycles. The normalized spacial score (nSPS) is 15.7. The van der Waals surface area contributed by atoms with E-state index in [0.717, 1.165) is 18.1 Å². The second-order valence-electron chi connectivity index (χ2n) is 6.06. The number of nitrogens with two attached hydrogens (primary N) is 1. The smallest absolute Gasteiger partial charge is 0.257 e. The lowest BCUT2D eigenvalue weighted by atomic mass is 10.1. The molecule has 1 unspecified atom stereocenters. The molecule has 2 aromatic rings. The first kappa shape index (κ1) is 22.8. The van der Waals surface area contributed by atoms with Gasteiger partial charge in [0.05, 0.1) is 12.1 Å². The Hall–Kier alpha value is -1.24. The monoisotopic (exact) mass is 419 g/mol. The predicted molar refractivity (Wildman–Crippen MR) is 108 cm³/mol. The molecule has 1 aromatic carbocycles. The standard InChI is InChI=1S/C18H22ClN3O2.2ClH/c1-13(14-2-4-16(19)5-3-14)21-6-8-22(9-7-21)18(23)15-10-17(11-20)24-12-15;;/h2-5,10,12-13H,6-9,11,20H2,1H3;2*1H. The summed E-state index contributed by atoms with van der Waals surface area (Å²) in [6.45, 7) is 5.60. The van der Waals surface area contributed by atoms with Gasteiger partial charge in [-0.2, -0.15) is 0 Å². The Bertz CT molecular complexity index is 698. The summed E-state index contributed by atoms with van der Waals surface area (Å²) in [6, 6.07) is 9.99. The van der Waals surface area contributed by atoms with Crippen LogP contribution in [0.4, 0.5) is 0 Å². The molecular formula is C18H24Cl3N3O2. The predicted octanol–water partition coefficient (Wildman–Crippen LogP) is 3.75. The third-order valence-corrected chi connectivity index (χ3v) is 4.86. The van der Waals surface area contributed by atoms with E-state index >= 15 is 0 Å². The van der Waals surface area contributed by atoms with E-state index in [4.69, 9.17) is 21.8 Å². The van der Waals surface area contributed by atoms with Crippen LogP contribution in [0.25, 0.3) is 0 Å². The fourth-order valence-corrected chi connectivity index (χ4v) is 3.17. The van der Waals surface area contributed by atoms with Crippen molar-refractivity contribution in [1.29, 1.82) is 0 Å². The second kappa shape index (κ2) is 10.2. The number of nitrogens with zero attached hydrogens (tertiary/aromatic N) is 2. The highest BCUT2D eigenvalue weighted by molar-refractivity contribution is 6.30. The Morgan fingerprint density at radius 2 is 1.81 bits per heavy atom. The Morgan fingerprint density at radius 3 is 2.35 bits per heavy atom. The molecule has 0 saturated carbocycles. The number of carbonyl (C=O) groups excluding carboxylic acids is 1. The largest absolute Gasteiger partial charge is 0.467 e. The average Bonchev–Trinajstić information content (AvgIpc) is 3.10. The molecule has 3 rings (SSSR count). The van der Waals surface area contributed by atoms with Gasteiger partial charge >= 0.3 is 0 Å². The topological polar surface area (TPSA) is 62.7 Å². The molecule has 1 aliphatic heterocycles. The van der Waals surface area contributed by atoms with Gasteiger partial charge in [-0.15, -0.1) is 24.8 Å². The molecule has 0 bridgehead atoms. The molecule has 0 aliphatic carbocycles. The average molecular weight is 421 g/mol. The van der Waals surface area contributed by atoms with Crippen LogP contribution in [0.1, 0.15) is 34.6 Å². The highest BCUT2D eigenvalue weighted by atomic mass is 35.5. The number of carbonyl (C=O) groups is 1. The Labute approximate surface area is 171 Å². The van der Waals surface area contributed by atoms with Crippen molar-refractivity contribution in [3.8, 4) is 0 Å². The zero-order valence-corrected chi connectivity index (χ0v) is 16.9. The van der Waals surface area contributed by atoms with Crippen molar-refractivity contribution >= 4 is 42.3 Å². The minimum Gasteiger partial charge on any atom is -0.467 e. The maximum atomic E-state index is 12.5. The third kappa shape index (κ3) is 5.15. The fourth-order valence-electron chi connectivity index (χ4n) is 3.05. The molecule has 144 valence electrons. The number of rotatable bonds is 4. The lowest BCUT2D eigenvalue weighted by Crippen LogP contribution is -2.49. The Morgan fingerprint density at radius 1 is 1.19 bits per heavy atom. The van der Waals surface area contributed by atoms with E-state index in [1.54, 1.807) is 6.07 Å². The van der Waals surface area contributed by atoms with Crippen LogP contribution in [0.2, 0.25) is 5.02 Å². The molecule has 1 amide bonds. The van der Waals surface area contributed by atoms with Crippen LogP contribution in [-0.4, -0.2) is 41.9 Å². The van der Waals surface area contributed by atoms with E-state index in [1.165, 1.54) is 11.8 Å². The first-order chi connectivity index (χ1) is 11.6. The third-order valence-electron chi connectivity index (χ3n) is 4.60. The summed E-state index contributed by atoms with van der Waals surface area (Å²) in [4.78, 5) is 16.8. The van der Waals surface area contributed by atoms with Gasteiger partial charge in [0.2, 0.25) is 0 Å². The molecule has 1 atom stereocenters. The Balaban J connectivity index is 0.00000169. The molecule has 1 saturated heterocycles. The van der Waals surface area contributed by atoms with Crippen LogP contribution in [0, 0.1) is 0 Å². The molecule has 2 heterocycles. The highest BCUT2D eigenvalue weighted by Crippen LogP contribution is 2.23. The van der Waals surface area contributed by atoms with Gasteiger partial charge in [0, 0.05) is 37.2 Å². The van der Waals surface area contributed by atoms with Gasteiger partial charge in [0.1, 0.15) is 12.0 Å². The summed E-state index contributed by atoms with van der Waals surface area (Å²) in [5, 5.41) is 0.748. The van der Waals surface area contributed by atoms with Gasteiger partial charge in [-0.1, -0.05) is 23.7 Å². The number of halogens is 3. The van der Waals surface area contributed by atoms with Crippen LogP contribution in [0.15, 0.2) is 41.0 Å². The van der Waals surface area contributed by atoms with Gasteiger partial charge in [-0.25, -0.2) is 0 Å². The first-order valence-corrected chi connectivity index (χ1v) is 8.52. The van der Waals surface area contributed by atoms with Gasteiger partial charge < -0.3 is 15.1 Å². The second-order valence-corrected chi connectivity index (χ2v) is 6.50. The van der Waals surface area contributed by atoms with Crippen molar-refractivity contribution in [2.75, 3.05) is 26.2 Å². The minimum atomic E-state index is 0. The number of benzene rings is 1. The van der Waals surface area contributed by atoms with Gasteiger partial charge in [0.15, 0.2) is 0 Å². The summed E-state index contributed by atoms with van der Waals surface area (Å²) < 4.78 is 5.26. The van der Waals surface area contributed by atoms with Crippen LogP contribution in [-0.2, 0) is 6.54 Å². The number of amides is 1. The highest BCUT2D eigenvalue weighted by Gasteiger charge is 2.26. The summed E-state index contributed by atoms with van der Waals surface area (Å²) in [7, 11) is 0. The van der Waals surface area contributed by atoms with Crippen LogP contribution < -0.4 is 5.73 Å². The first-order valence-electron chi connectivity index (χ1n) is 8.14. The van der Waals surface area contributed by atoms with Crippen LogP contribution >= 0.6 is 36.4 Å². The van der Waals surface area contributed by atoms with Crippen molar-refractivity contribution in [2.24, 2.45) is 5.73 Å². The van der Waals surface area contributed by atoms with Gasteiger partial charge in [0.25, 0.3) is 5.91 Å². The van der Waals surface area contributed by atoms with Crippen molar-refractivity contribution < 1.29 is 9.21 Å². The zero-order valence-electron chi connectivity index (χ0n) is 14.6. The molecular weight excluding hydrogens is 397 g/mol. The van der Waals surface area contributed by atoms with Crippen molar-refractivity contribution in [3.63, 3.8) is 0 Å². The summed E-state index contributed by atoms with van der Waals surface area (Å²) in [5.74, 6) is 0.644. The molecule has 0 spiro atoms. The number of hydrogen-bond acceptors (Lipinski definition) is 4. The van der Waals surface area contributed by atoms with E-state index < -0.39 is 0 Å². The maximum Gasteiger partial charge on any atom is 0.257 e. The lowest BCUT2D eigenvalue weighted by Gasteiger charge is -2.38. The van der Waals surface area contributed by atoms with E-state index in [1.807, 2.05) is 17.0 Å². The van der Waals surface area contributed by atoms with Crippen molar-refractivity contribution in [2.45, 2.75) is 19.5 Å². The maximum absolute atomic E-state index is 12.5. The van der Waals surface area contributed by atoms with E-state index in [2.05, 4.69) is 24.0 Å². The summed E-state index contributed by atoms with van der Waals surface area (Å²) in [6.07, 6.45) is 1.49. The van der Waals surface area contributed by atoms with Crippen molar-refractivity contribution in [1.82, 2.24) is 9.80 Å². The molecule has 5 nitrogen and oxygen atoms in total. The van der Waals surface area contributed by atoms with E-state index in [9.17, 15) is 4.79 Å². The number of furan rings is 1. The molecule has 8 heteroatoms. The van der Waals surface area contributed by atoms with Gasteiger partial charge in [-0.05, 0) is 30.7 Å². The van der Waals surface area contributed by atoms with Crippen LogP contribution in [0.5, 0.6) is 0 Å². The molecule has 26 heavy (non-hydrogen) atoms. The molecule has 0 radical (unpaired) electrons.